The Hall–Kier alpha value is -0.769. The second kappa shape index (κ2) is 20.2. The summed E-state index contributed by atoms with van der Waals surface area (Å²) in [5.74, 6) is -0.938. The van der Waals surface area contributed by atoms with Crippen molar-refractivity contribution in [1.29, 1.82) is 0 Å². The van der Waals surface area contributed by atoms with Crippen molar-refractivity contribution in [2.24, 2.45) is 0 Å². The summed E-state index contributed by atoms with van der Waals surface area (Å²) in [5.41, 5.74) is -0.515. The fourth-order valence-electron chi connectivity index (χ4n) is 1.83. The second-order valence-corrected chi connectivity index (χ2v) is 15.9. The summed E-state index contributed by atoms with van der Waals surface area (Å²) in [5, 5.41) is 16.2. The topological polar surface area (TPSA) is 96.3 Å². The van der Waals surface area contributed by atoms with Crippen LogP contribution in [0.25, 0.3) is 0 Å². The molecule has 36 heavy (non-hydrogen) atoms. The van der Waals surface area contributed by atoms with E-state index in [0.717, 1.165) is 0 Å². The van der Waals surface area contributed by atoms with Crippen LogP contribution in [-0.4, -0.2) is 72.8 Å². The number of hydrogen-bond acceptors (Lipinski definition) is 6. The molecule has 0 atom stereocenters. The zero-order valence-corrected chi connectivity index (χ0v) is 27.9. The molecule has 0 aliphatic carbocycles. The van der Waals surface area contributed by atoms with Gasteiger partial charge < -0.3 is 41.2 Å². The Kier molecular flexibility index (Phi) is 23.8. The molecule has 0 bridgehead atoms. The van der Waals surface area contributed by atoms with Gasteiger partial charge in [0.05, 0.1) is 5.91 Å². The zero-order chi connectivity index (χ0) is 28.6. The number of likely N-dealkylation sites (N-methyl/N-ethyl adjacent to an activating group) is 1. The molecule has 2 N–H and O–H groups in total. The van der Waals surface area contributed by atoms with Gasteiger partial charge >= 0.3 is 21.7 Å². The van der Waals surface area contributed by atoms with Gasteiger partial charge in [0.15, 0.2) is 8.32 Å². The molecule has 0 aromatic carbocycles. The third-order valence-corrected chi connectivity index (χ3v) is 8.96. The molecule has 0 aromatic heterocycles. The third kappa shape index (κ3) is 24.9. The Morgan fingerprint density at radius 2 is 1.33 bits per heavy atom. The maximum Gasteiger partial charge on any atom is 2.00 e. The summed E-state index contributed by atoms with van der Waals surface area (Å²) in [4.78, 5) is 26.4. The minimum atomic E-state index is -1.90. The first kappa shape index (κ1) is 42.3. The number of esters is 1. The summed E-state index contributed by atoms with van der Waals surface area (Å²) in [7, 11) is -1.90. The summed E-state index contributed by atoms with van der Waals surface area (Å²) in [6.07, 6.45) is 6.70. The van der Waals surface area contributed by atoms with Crippen molar-refractivity contribution in [1.82, 2.24) is 4.90 Å². The average molecular weight is 564 g/mol. The van der Waals surface area contributed by atoms with Crippen LogP contribution in [-0.2, 0) is 40.5 Å². The monoisotopic (exact) mass is 563 g/mol. The van der Waals surface area contributed by atoms with Crippen molar-refractivity contribution in [3.8, 4) is 0 Å². The molecule has 0 heterocycles. The minimum Gasteiger partial charge on any atom is -0.467 e. The molecule has 0 aromatic rings. The Bertz CT molecular complexity index is 647. The molecule has 1 amide bonds. The van der Waals surface area contributed by atoms with E-state index in [1.165, 1.54) is 6.08 Å². The Labute approximate surface area is 237 Å². The quantitative estimate of drug-likeness (QED) is 0.141. The van der Waals surface area contributed by atoms with Crippen molar-refractivity contribution < 1.29 is 50.7 Å². The van der Waals surface area contributed by atoms with Gasteiger partial charge in [-0.25, -0.2) is 0 Å². The third-order valence-electron chi connectivity index (χ3n) is 4.49. The SMILES string of the molecule is CC(C)O.CC(C)O.CCN(CC)C(=O)C(=[C-]C(=O)OC(C)(C)C)C=[C-]CO[Si](C)(C)C(C)(C)C.[Ti+2]. The molecule has 0 aliphatic rings. The number of aliphatic hydroxyl groups is 2. The van der Waals surface area contributed by atoms with E-state index in [1.54, 1.807) is 53.4 Å². The van der Waals surface area contributed by atoms with E-state index in [2.05, 4.69) is 46.0 Å². The molecule has 0 saturated heterocycles. The Morgan fingerprint density at radius 3 is 1.64 bits per heavy atom. The van der Waals surface area contributed by atoms with Crippen molar-refractivity contribution in [2.75, 3.05) is 19.7 Å². The van der Waals surface area contributed by atoms with Gasteiger partial charge in [0.1, 0.15) is 5.60 Å². The predicted molar refractivity (Wildman–Crippen MR) is 146 cm³/mol. The van der Waals surface area contributed by atoms with Crippen LogP contribution < -0.4 is 0 Å². The van der Waals surface area contributed by atoms with E-state index in [1.807, 2.05) is 13.8 Å². The van der Waals surface area contributed by atoms with Crippen LogP contribution in [0, 0.1) is 12.2 Å². The fourth-order valence-corrected chi connectivity index (χ4v) is 2.71. The zero-order valence-electron chi connectivity index (χ0n) is 25.3. The van der Waals surface area contributed by atoms with Crippen LogP contribution in [0.3, 0.4) is 0 Å². The van der Waals surface area contributed by atoms with Gasteiger partial charge in [-0.05, 0) is 87.1 Å². The van der Waals surface area contributed by atoms with Gasteiger partial charge in [-0.2, -0.15) is 6.08 Å². The van der Waals surface area contributed by atoms with Crippen LogP contribution in [0.15, 0.2) is 11.6 Å². The molecule has 0 saturated carbocycles. The molecule has 0 radical (unpaired) electrons. The smallest absolute Gasteiger partial charge is 0.467 e. The minimum absolute atomic E-state index is 0. The maximum atomic E-state index is 12.7. The number of aliphatic hydroxyl groups excluding tert-OH is 2. The van der Waals surface area contributed by atoms with Crippen molar-refractivity contribution in [2.45, 2.75) is 119 Å². The predicted octanol–water partition coefficient (Wildman–Crippen LogP) is 5.08. The average Bonchev–Trinajstić information content (AvgIpc) is 2.61. The van der Waals surface area contributed by atoms with Gasteiger partial charge in [0, 0.05) is 25.3 Å². The first-order chi connectivity index (χ1) is 15.6. The van der Waals surface area contributed by atoms with E-state index >= 15 is 0 Å². The molecular formula is C27H53NO6SiTi. The van der Waals surface area contributed by atoms with E-state index < -0.39 is 19.9 Å². The largest absolute Gasteiger partial charge is 2.00 e. The molecule has 9 heteroatoms. The van der Waals surface area contributed by atoms with E-state index in [0.29, 0.717) is 13.1 Å². The summed E-state index contributed by atoms with van der Waals surface area (Å²) in [6.45, 7) is 28.1. The van der Waals surface area contributed by atoms with E-state index in [-0.39, 0.29) is 57.1 Å². The number of amides is 1. The maximum absolute atomic E-state index is 12.7. The number of hydrogen-bond donors (Lipinski definition) is 2. The molecule has 0 unspecified atom stereocenters. The first-order valence-electron chi connectivity index (χ1n) is 12.3. The van der Waals surface area contributed by atoms with Crippen LogP contribution in [0.4, 0.5) is 0 Å². The van der Waals surface area contributed by atoms with Gasteiger partial charge in [-0.15, -0.1) is 0 Å². The van der Waals surface area contributed by atoms with E-state index in [4.69, 9.17) is 19.4 Å². The molecule has 0 spiro atoms. The molecule has 0 rings (SSSR count). The molecule has 0 aliphatic heterocycles. The number of ether oxygens (including phenoxy) is 1. The van der Waals surface area contributed by atoms with Crippen LogP contribution in [0.2, 0.25) is 18.1 Å². The summed E-state index contributed by atoms with van der Waals surface area (Å²) in [6, 6.07) is 0. The van der Waals surface area contributed by atoms with E-state index in [9.17, 15) is 9.59 Å². The number of nitrogens with zero attached hydrogens (tertiary/aromatic N) is 1. The Morgan fingerprint density at radius 1 is 0.944 bits per heavy atom. The van der Waals surface area contributed by atoms with Gasteiger partial charge in [0.25, 0.3) is 5.97 Å². The van der Waals surface area contributed by atoms with Crippen LogP contribution in [0.5, 0.6) is 0 Å². The van der Waals surface area contributed by atoms with Crippen LogP contribution in [0.1, 0.15) is 83.1 Å². The first-order valence-corrected chi connectivity index (χ1v) is 15.2. The molecule has 0 fully saturated rings. The van der Waals surface area contributed by atoms with Gasteiger partial charge in [-0.3, -0.25) is 10.4 Å². The van der Waals surface area contributed by atoms with Crippen LogP contribution >= 0.6 is 0 Å². The summed E-state index contributed by atoms with van der Waals surface area (Å²) < 4.78 is 11.3. The van der Waals surface area contributed by atoms with Crippen molar-refractivity contribution in [3.63, 3.8) is 0 Å². The number of carbonyl (C=O) groups is 2. The number of rotatable bonds is 8. The second-order valence-electron chi connectivity index (χ2n) is 11.1. The molecule has 7 nitrogen and oxygen atoms in total. The summed E-state index contributed by atoms with van der Waals surface area (Å²) >= 11 is 0. The molecule has 210 valence electrons. The Balaban J connectivity index is -0.000000492. The van der Waals surface area contributed by atoms with Gasteiger partial charge in [-0.1, -0.05) is 20.8 Å². The number of carbonyl (C=O) groups excluding carboxylic acids is 2. The van der Waals surface area contributed by atoms with Gasteiger partial charge in [0.2, 0.25) is 0 Å². The normalized spacial score (nSPS) is 12.3. The standard InChI is InChI=1S/C21H37NO4Si.2C3H8O.Ti/c1-11-22(12-2)19(24)17(16-18(23)26-20(3,4)5)14-13-15-25-27(9,10)21(6,7)8;2*1-3(2)4;/h14H,11-12,15H2,1-10H3;2*3-4H,1-2H3;/q-2;;;+2. The van der Waals surface area contributed by atoms with Crippen molar-refractivity contribution >= 4 is 20.2 Å². The molecular weight excluding hydrogens is 510 g/mol. The van der Waals surface area contributed by atoms with Crippen molar-refractivity contribution in [3.05, 3.63) is 23.8 Å². The fraction of sp³-hybridized carbons (Fsp3) is 0.778.